The molecule has 8 nitrogen and oxygen atoms in total. The van der Waals surface area contributed by atoms with Crippen LogP contribution < -0.4 is 9.47 Å². The van der Waals surface area contributed by atoms with Crippen LogP contribution in [0.4, 0.5) is 0 Å². The van der Waals surface area contributed by atoms with Crippen molar-refractivity contribution in [1.29, 1.82) is 0 Å². The van der Waals surface area contributed by atoms with Crippen molar-refractivity contribution in [3.05, 3.63) is 96.6 Å². The number of likely N-dealkylation sites (tertiary alicyclic amines) is 1. The summed E-state index contributed by atoms with van der Waals surface area (Å²) in [5.74, 6) is -0.313. The van der Waals surface area contributed by atoms with Crippen LogP contribution in [0.5, 0.6) is 11.5 Å². The molecule has 3 aromatic rings. The second-order valence-corrected chi connectivity index (χ2v) is 8.04. The van der Waals surface area contributed by atoms with Gasteiger partial charge in [-0.05, 0) is 48.4 Å². The highest BCUT2D eigenvalue weighted by Crippen LogP contribution is 2.40. The van der Waals surface area contributed by atoms with Crippen LogP contribution in [-0.4, -0.2) is 51.5 Å². The summed E-state index contributed by atoms with van der Waals surface area (Å²) >= 11 is 0. The Bertz CT molecular complexity index is 1210. The lowest BCUT2D eigenvalue weighted by Crippen LogP contribution is -2.31. The van der Waals surface area contributed by atoms with Crippen LogP contribution in [0.2, 0.25) is 0 Å². The molecule has 35 heavy (non-hydrogen) atoms. The molecule has 0 radical (unpaired) electrons. The summed E-state index contributed by atoms with van der Waals surface area (Å²) in [4.78, 5) is 31.8. The van der Waals surface area contributed by atoms with Gasteiger partial charge in [0.1, 0.15) is 23.9 Å². The molecule has 2 aromatic carbocycles. The van der Waals surface area contributed by atoms with Gasteiger partial charge in [0, 0.05) is 31.0 Å². The lowest BCUT2D eigenvalue weighted by Gasteiger charge is -2.25. The highest BCUT2D eigenvalue weighted by Gasteiger charge is 2.45. The van der Waals surface area contributed by atoms with E-state index < -0.39 is 17.7 Å². The third-order valence-electron chi connectivity index (χ3n) is 5.84. The number of hydrogen-bond donors (Lipinski definition) is 1. The summed E-state index contributed by atoms with van der Waals surface area (Å²) < 4.78 is 12.7. The number of aromatic nitrogens is 2. The third-order valence-corrected chi connectivity index (χ3v) is 5.84. The van der Waals surface area contributed by atoms with E-state index in [9.17, 15) is 14.7 Å². The smallest absolute Gasteiger partial charge is 0.295 e. The first-order valence-electron chi connectivity index (χ1n) is 11.3. The zero-order chi connectivity index (χ0) is 24.8. The van der Waals surface area contributed by atoms with E-state index in [-0.39, 0.29) is 11.3 Å². The lowest BCUT2D eigenvalue weighted by atomic mass is 9.95. The average Bonchev–Trinajstić information content (AvgIpc) is 3.50. The van der Waals surface area contributed by atoms with Crippen LogP contribution in [0.1, 0.15) is 23.6 Å². The molecule has 1 aliphatic heterocycles. The number of ketones is 1. The number of amides is 1. The Morgan fingerprint density at radius 1 is 1.09 bits per heavy atom. The number of rotatable bonds is 10. The number of Topliss-reactive ketones (excluding diaryl/α,β-unsaturated/α-hetero) is 1. The predicted molar refractivity (Wildman–Crippen MR) is 131 cm³/mol. The lowest BCUT2D eigenvalue weighted by molar-refractivity contribution is -0.139. The number of hydrogen-bond acceptors (Lipinski definition) is 6. The highest BCUT2D eigenvalue weighted by atomic mass is 16.5. The summed E-state index contributed by atoms with van der Waals surface area (Å²) in [6, 6.07) is 13.1. The van der Waals surface area contributed by atoms with E-state index in [1.165, 1.54) is 4.90 Å². The third kappa shape index (κ3) is 5.11. The van der Waals surface area contributed by atoms with Gasteiger partial charge in [0.2, 0.25) is 0 Å². The van der Waals surface area contributed by atoms with Crippen LogP contribution in [0.25, 0.3) is 5.76 Å². The van der Waals surface area contributed by atoms with Crippen LogP contribution in [0, 0.1) is 0 Å². The molecule has 0 unspecified atom stereocenters. The summed E-state index contributed by atoms with van der Waals surface area (Å²) in [7, 11) is 1.57. The van der Waals surface area contributed by atoms with Crippen LogP contribution in [0.3, 0.4) is 0 Å². The van der Waals surface area contributed by atoms with Gasteiger partial charge in [-0.25, -0.2) is 4.98 Å². The first-order valence-corrected chi connectivity index (χ1v) is 11.3. The Balaban J connectivity index is 1.69. The van der Waals surface area contributed by atoms with E-state index >= 15 is 0 Å². The fraction of sp³-hybridized carbons (Fsp3) is 0.222. The number of imidazole rings is 1. The number of carbonyl (C=O) groups is 2. The maximum atomic E-state index is 13.2. The average molecular weight is 474 g/mol. The van der Waals surface area contributed by atoms with Crippen molar-refractivity contribution in [2.24, 2.45) is 0 Å². The van der Waals surface area contributed by atoms with Crippen LogP contribution in [0.15, 0.2) is 85.5 Å². The van der Waals surface area contributed by atoms with E-state index in [2.05, 4.69) is 11.6 Å². The molecule has 1 N–H and O–H groups in total. The first-order chi connectivity index (χ1) is 17.0. The van der Waals surface area contributed by atoms with E-state index in [0.29, 0.717) is 48.7 Å². The molecule has 1 saturated heterocycles. The zero-order valence-corrected chi connectivity index (χ0v) is 19.5. The van der Waals surface area contributed by atoms with E-state index in [4.69, 9.17) is 9.47 Å². The van der Waals surface area contributed by atoms with Gasteiger partial charge in [-0.1, -0.05) is 24.8 Å². The largest absolute Gasteiger partial charge is 0.507 e. The number of aliphatic hydroxyl groups excluding tert-OH is 1. The minimum Gasteiger partial charge on any atom is -0.507 e. The minimum atomic E-state index is -0.722. The zero-order valence-electron chi connectivity index (χ0n) is 19.5. The Morgan fingerprint density at radius 3 is 2.43 bits per heavy atom. The summed E-state index contributed by atoms with van der Waals surface area (Å²) in [6.07, 6.45) is 7.49. The van der Waals surface area contributed by atoms with Crippen molar-refractivity contribution in [1.82, 2.24) is 14.5 Å². The van der Waals surface area contributed by atoms with Gasteiger partial charge < -0.3 is 24.0 Å². The SMILES string of the molecule is C=CCOc1ccc(/C(O)=C2\C(=O)C(=O)N(CCCn3ccnc3)[C@H]2c2ccc(OC)cc2)cc1. The van der Waals surface area contributed by atoms with Gasteiger partial charge >= 0.3 is 0 Å². The number of nitrogens with zero attached hydrogens (tertiary/aromatic N) is 3. The number of aryl methyl sites for hydroxylation is 1. The molecule has 1 aromatic heterocycles. The van der Waals surface area contributed by atoms with Gasteiger partial charge in [-0.15, -0.1) is 0 Å². The molecule has 0 spiro atoms. The first kappa shape index (κ1) is 23.8. The van der Waals surface area contributed by atoms with Crippen molar-refractivity contribution >= 4 is 17.4 Å². The maximum absolute atomic E-state index is 13.2. The van der Waals surface area contributed by atoms with Gasteiger partial charge in [-0.2, -0.15) is 0 Å². The molecule has 0 bridgehead atoms. The minimum absolute atomic E-state index is 0.0579. The van der Waals surface area contributed by atoms with Gasteiger partial charge in [0.25, 0.3) is 11.7 Å². The monoisotopic (exact) mass is 473 g/mol. The highest BCUT2D eigenvalue weighted by molar-refractivity contribution is 6.46. The summed E-state index contributed by atoms with van der Waals surface area (Å²) in [6.45, 7) is 4.96. The predicted octanol–water partition coefficient (Wildman–Crippen LogP) is 3.97. The normalized spacial score (nSPS) is 16.9. The van der Waals surface area contributed by atoms with E-state index in [1.54, 1.807) is 74.2 Å². The number of benzene rings is 2. The summed E-state index contributed by atoms with van der Waals surface area (Å²) in [5.41, 5.74) is 1.19. The molecule has 0 saturated carbocycles. The molecule has 4 rings (SSSR count). The maximum Gasteiger partial charge on any atom is 0.295 e. The number of methoxy groups -OCH3 is 1. The quantitative estimate of drug-likeness (QED) is 0.207. The van der Waals surface area contributed by atoms with Crippen molar-refractivity contribution < 1.29 is 24.2 Å². The second kappa shape index (κ2) is 10.7. The second-order valence-electron chi connectivity index (χ2n) is 8.04. The molecule has 2 heterocycles. The van der Waals surface area contributed by atoms with Gasteiger partial charge in [0.15, 0.2) is 0 Å². The Hall–Kier alpha value is -4.33. The Labute approximate surface area is 203 Å². The van der Waals surface area contributed by atoms with Crippen molar-refractivity contribution in [2.45, 2.75) is 19.0 Å². The van der Waals surface area contributed by atoms with E-state index in [0.717, 1.165) is 0 Å². The molecular weight excluding hydrogens is 446 g/mol. The molecule has 1 atom stereocenters. The van der Waals surface area contributed by atoms with E-state index in [1.807, 2.05) is 10.8 Å². The van der Waals surface area contributed by atoms with Crippen molar-refractivity contribution in [2.75, 3.05) is 20.3 Å². The molecule has 180 valence electrons. The fourth-order valence-corrected chi connectivity index (χ4v) is 4.11. The number of carbonyl (C=O) groups excluding carboxylic acids is 2. The Morgan fingerprint density at radius 2 is 1.80 bits per heavy atom. The Kier molecular flexibility index (Phi) is 7.30. The molecule has 8 heteroatoms. The van der Waals surface area contributed by atoms with Crippen LogP contribution in [-0.2, 0) is 16.1 Å². The van der Waals surface area contributed by atoms with Crippen LogP contribution >= 0.6 is 0 Å². The van der Waals surface area contributed by atoms with Crippen molar-refractivity contribution in [3.8, 4) is 11.5 Å². The fourth-order valence-electron chi connectivity index (χ4n) is 4.11. The van der Waals surface area contributed by atoms with Gasteiger partial charge in [-0.3, -0.25) is 9.59 Å². The standard InChI is InChI=1S/C27H27N3O5/c1-3-17-35-22-11-7-20(8-12-22)25(31)23-24(19-5-9-21(34-2)10-6-19)30(27(33)26(23)32)15-4-14-29-16-13-28-18-29/h3,5-13,16,18,24,31H,1,4,14-15,17H2,2H3/b25-23+/t24-/m0/s1. The number of aliphatic hydroxyl groups is 1. The topological polar surface area (TPSA) is 93.9 Å². The number of ether oxygens (including phenoxy) is 2. The molecule has 1 aliphatic rings. The van der Waals surface area contributed by atoms with Crippen molar-refractivity contribution in [3.63, 3.8) is 0 Å². The van der Waals surface area contributed by atoms with Gasteiger partial charge in [0.05, 0.1) is 25.1 Å². The molecule has 0 aliphatic carbocycles. The summed E-state index contributed by atoms with van der Waals surface area (Å²) in [5, 5.41) is 11.2. The molecular formula is C27H27N3O5. The molecule has 1 fully saturated rings. The molecule has 1 amide bonds.